The molecule has 2 nitrogen and oxygen atoms in total. The lowest BCUT2D eigenvalue weighted by molar-refractivity contribution is 0.113. The Morgan fingerprint density at radius 3 is 2.00 bits per heavy atom. The molecule has 2 unspecified atom stereocenters. The van der Waals surface area contributed by atoms with Gasteiger partial charge in [0.25, 0.3) is 0 Å². The fourth-order valence-corrected chi connectivity index (χ4v) is 3.02. The molecule has 2 heteroatoms. The number of unbranched alkanes of at least 4 members (excludes halogenated alkanes) is 9. The van der Waals surface area contributed by atoms with Crippen molar-refractivity contribution in [2.24, 2.45) is 5.92 Å². The van der Waals surface area contributed by atoms with Gasteiger partial charge in [-0.15, -0.1) is 0 Å². The molecule has 0 radical (unpaired) electrons. The molecule has 0 aromatic heterocycles. The SMILES string of the molecule is CCCCCC(C)CCCCCCCCCCOCC1CO1. The van der Waals surface area contributed by atoms with Crippen molar-refractivity contribution in [3.63, 3.8) is 0 Å². The number of ether oxygens (including phenoxy) is 2. The minimum atomic E-state index is 0.425. The Balaban J connectivity index is 1.67. The molecule has 0 amide bonds. The van der Waals surface area contributed by atoms with Crippen LogP contribution in [-0.2, 0) is 9.47 Å². The predicted molar refractivity (Wildman–Crippen MR) is 95.4 cm³/mol. The first-order chi connectivity index (χ1) is 10.8. The third-order valence-corrected chi connectivity index (χ3v) is 4.74. The van der Waals surface area contributed by atoms with Crippen LogP contribution in [0.1, 0.15) is 97.3 Å². The van der Waals surface area contributed by atoms with Gasteiger partial charge in [0, 0.05) is 6.61 Å². The van der Waals surface area contributed by atoms with Gasteiger partial charge in [-0.1, -0.05) is 90.9 Å². The van der Waals surface area contributed by atoms with Crippen LogP contribution in [0.4, 0.5) is 0 Å². The molecule has 2 atom stereocenters. The average molecular weight is 313 g/mol. The monoisotopic (exact) mass is 312 g/mol. The van der Waals surface area contributed by atoms with E-state index in [1.807, 2.05) is 0 Å². The van der Waals surface area contributed by atoms with Crippen LogP contribution in [0.3, 0.4) is 0 Å². The first-order valence-electron chi connectivity index (χ1n) is 10.0. The van der Waals surface area contributed by atoms with E-state index >= 15 is 0 Å². The molecule has 0 N–H and O–H groups in total. The van der Waals surface area contributed by atoms with Gasteiger partial charge in [0.15, 0.2) is 0 Å². The summed E-state index contributed by atoms with van der Waals surface area (Å²) < 4.78 is 10.7. The largest absolute Gasteiger partial charge is 0.379 e. The first-order valence-corrected chi connectivity index (χ1v) is 10.0. The van der Waals surface area contributed by atoms with E-state index in [2.05, 4.69) is 13.8 Å². The van der Waals surface area contributed by atoms with E-state index < -0.39 is 0 Å². The smallest absolute Gasteiger partial charge is 0.104 e. The van der Waals surface area contributed by atoms with Crippen molar-refractivity contribution in [2.45, 2.75) is 103 Å². The predicted octanol–water partition coefficient (Wildman–Crippen LogP) is 6.13. The summed E-state index contributed by atoms with van der Waals surface area (Å²) >= 11 is 0. The van der Waals surface area contributed by atoms with Gasteiger partial charge in [0.2, 0.25) is 0 Å². The quantitative estimate of drug-likeness (QED) is 0.238. The summed E-state index contributed by atoms with van der Waals surface area (Å²) in [5.74, 6) is 0.951. The van der Waals surface area contributed by atoms with E-state index in [0.29, 0.717) is 6.10 Å². The Bertz CT molecular complexity index is 226. The maximum atomic E-state index is 5.55. The summed E-state index contributed by atoms with van der Waals surface area (Å²) in [4.78, 5) is 0. The summed E-state index contributed by atoms with van der Waals surface area (Å²) in [5.41, 5.74) is 0. The van der Waals surface area contributed by atoms with Crippen molar-refractivity contribution >= 4 is 0 Å². The Morgan fingerprint density at radius 1 is 0.864 bits per heavy atom. The zero-order valence-electron chi connectivity index (χ0n) is 15.3. The molecule has 0 saturated carbocycles. The molecular formula is C20H40O2. The van der Waals surface area contributed by atoms with Gasteiger partial charge in [-0.2, -0.15) is 0 Å². The fourth-order valence-electron chi connectivity index (χ4n) is 3.02. The maximum absolute atomic E-state index is 5.55. The van der Waals surface area contributed by atoms with E-state index in [1.165, 1.54) is 83.5 Å². The zero-order valence-corrected chi connectivity index (χ0v) is 15.3. The maximum Gasteiger partial charge on any atom is 0.104 e. The molecule has 22 heavy (non-hydrogen) atoms. The van der Waals surface area contributed by atoms with Crippen molar-refractivity contribution in [3.05, 3.63) is 0 Å². The molecule has 0 aliphatic carbocycles. The van der Waals surface area contributed by atoms with E-state index in [1.54, 1.807) is 0 Å². The molecule has 0 aromatic carbocycles. The number of epoxide rings is 1. The third-order valence-electron chi connectivity index (χ3n) is 4.74. The van der Waals surface area contributed by atoms with E-state index in [0.717, 1.165) is 25.7 Å². The van der Waals surface area contributed by atoms with Gasteiger partial charge in [0.05, 0.1) is 13.2 Å². The van der Waals surface area contributed by atoms with E-state index in [-0.39, 0.29) is 0 Å². The average Bonchev–Trinajstić information content (AvgIpc) is 3.33. The highest BCUT2D eigenvalue weighted by atomic mass is 16.6. The number of hydrogen-bond acceptors (Lipinski definition) is 2. The molecule has 132 valence electrons. The van der Waals surface area contributed by atoms with Crippen LogP contribution in [0, 0.1) is 5.92 Å². The first kappa shape index (κ1) is 20.0. The minimum Gasteiger partial charge on any atom is -0.379 e. The van der Waals surface area contributed by atoms with Crippen LogP contribution in [-0.4, -0.2) is 25.9 Å². The van der Waals surface area contributed by atoms with Crippen molar-refractivity contribution in [1.29, 1.82) is 0 Å². The number of hydrogen-bond donors (Lipinski definition) is 0. The Morgan fingerprint density at radius 2 is 1.41 bits per heavy atom. The highest BCUT2D eigenvalue weighted by molar-refractivity contribution is 4.67. The summed E-state index contributed by atoms with van der Waals surface area (Å²) in [5, 5.41) is 0. The second-order valence-electron chi connectivity index (χ2n) is 7.25. The number of rotatable bonds is 17. The van der Waals surface area contributed by atoms with Crippen LogP contribution < -0.4 is 0 Å². The molecule has 1 saturated heterocycles. The summed E-state index contributed by atoms with van der Waals surface area (Å²) in [6.45, 7) is 7.39. The van der Waals surface area contributed by atoms with Gasteiger partial charge < -0.3 is 9.47 Å². The molecule has 0 bridgehead atoms. The van der Waals surface area contributed by atoms with E-state index in [4.69, 9.17) is 9.47 Å². The molecular weight excluding hydrogens is 272 g/mol. The zero-order chi connectivity index (χ0) is 15.9. The molecule has 1 heterocycles. The molecule has 1 rings (SSSR count). The lowest BCUT2D eigenvalue weighted by atomic mass is 9.96. The molecule has 1 aliphatic heterocycles. The highest BCUT2D eigenvalue weighted by Gasteiger charge is 2.21. The van der Waals surface area contributed by atoms with Gasteiger partial charge in [-0.25, -0.2) is 0 Å². The van der Waals surface area contributed by atoms with Crippen molar-refractivity contribution in [3.8, 4) is 0 Å². The van der Waals surface area contributed by atoms with Gasteiger partial charge in [-0.3, -0.25) is 0 Å². The third kappa shape index (κ3) is 13.6. The molecule has 0 spiro atoms. The molecule has 0 aromatic rings. The topological polar surface area (TPSA) is 21.8 Å². The van der Waals surface area contributed by atoms with Crippen LogP contribution in [0.15, 0.2) is 0 Å². The second-order valence-corrected chi connectivity index (χ2v) is 7.25. The van der Waals surface area contributed by atoms with Crippen molar-refractivity contribution < 1.29 is 9.47 Å². The van der Waals surface area contributed by atoms with Gasteiger partial charge in [-0.05, 0) is 12.3 Å². The second kappa shape index (κ2) is 14.5. The Hall–Kier alpha value is -0.0800. The lowest BCUT2D eigenvalue weighted by Gasteiger charge is -2.10. The Labute approximate surface area is 139 Å². The van der Waals surface area contributed by atoms with Crippen molar-refractivity contribution in [2.75, 3.05) is 19.8 Å². The molecule has 1 aliphatic rings. The normalized spacial score (nSPS) is 18.5. The molecule has 1 fully saturated rings. The van der Waals surface area contributed by atoms with Crippen LogP contribution in [0.5, 0.6) is 0 Å². The summed E-state index contributed by atoms with van der Waals surface area (Å²) in [7, 11) is 0. The van der Waals surface area contributed by atoms with E-state index in [9.17, 15) is 0 Å². The van der Waals surface area contributed by atoms with Crippen LogP contribution >= 0.6 is 0 Å². The van der Waals surface area contributed by atoms with Crippen LogP contribution in [0.25, 0.3) is 0 Å². The van der Waals surface area contributed by atoms with Crippen molar-refractivity contribution in [1.82, 2.24) is 0 Å². The van der Waals surface area contributed by atoms with Crippen LogP contribution in [0.2, 0.25) is 0 Å². The lowest BCUT2D eigenvalue weighted by Crippen LogP contribution is -2.02. The van der Waals surface area contributed by atoms with Gasteiger partial charge >= 0.3 is 0 Å². The highest BCUT2D eigenvalue weighted by Crippen LogP contribution is 2.17. The Kier molecular flexibility index (Phi) is 13.2. The summed E-state index contributed by atoms with van der Waals surface area (Å²) in [6, 6.07) is 0. The standard InChI is InChI=1S/C20H40O2/c1-3-4-11-14-19(2)15-12-9-7-5-6-8-10-13-16-21-17-20-18-22-20/h19-20H,3-18H2,1-2H3. The van der Waals surface area contributed by atoms with Gasteiger partial charge in [0.1, 0.15) is 6.10 Å². The fraction of sp³-hybridized carbons (Fsp3) is 1.00. The minimum absolute atomic E-state index is 0.425. The summed E-state index contributed by atoms with van der Waals surface area (Å²) in [6.07, 6.45) is 18.7.